The molecule has 0 radical (unpaired) electrons. The zero-order valence-corrected chi connectivity index (χ0v) is 12.0. The standard InChI is InChI=1S/C14H19ClN2O/c1-13(2)11(14(13,3)4)8-17-12(18)9-7-16-6-5-10(9)15/h5-7,11H,8H2,1-4H3,(H,17,18). The average Bonchev–Trinajstić information content (AvgIpc) is 2.67. The summed E-state index contributed by atoms with van der Waals surface area (Å²) in [6.45, 7) is 9.63. The van der Waals surface area contributed by atoms with Crippen LogP contribution in [-0.2, 0) is 0 Å². The lowest BCUT2D eigenvalue weighted by Gasteiger charge is -2.07. The van der Waals surface area contributed by atoms with Crippen molar-refractivity contribution in [1.29, 1.82) is 0 Å². The van der Waals surface area contributed by atoms with Gasteiger partial charge in [-0.1, -0.05) is 39.3 Å². The van der Waals surface area contributed by atoms with Gasteiger partial charge in [0.2, 0.25) is 0 Å². The zero-order chi connectivity index (χ0) is 13.6. The van der Waals surface area contributed by atoms with Crippen LogP contribution in [0.1, 0.15) is 38.1 Å². The van der Waals surface area contributed by atoms with E-state index >= 15 is 0 Å². The van der Waals surface area contributed by atoms with E-state index in [1.54, 1.807) is 12.3 Å². The molecule has 0 bridgehead atoms. The van der Waals surface area contributed by atoms with Gasteiger partial charge in [-0.05, 0) is 22.8 Å². The Hall–Kier alpha value is -1.09. The molecule has 0 saturated heterocycles. The molecular formula is C14H19ClN2O. The van der Waals surface area contributed by atoms with E-state index in [1.807, 2.05) is 0 Å². The Morgan fingerprint density at radius 1 is 1.39 bits per heavy atom. The molecule has 1 fully saturated rings. The molecule has 1 aromatic heterocycles. The molecule has 0 unspecified atom stereocenters. The van der Waals surface area contributed by atoms with Crippen molar-refractivity contribution in [3.05, 3.63) is 29.0 Å². The number of nitrogens with zero attached hydrogens (tertiary/aromatic N) is 1. The Morgan fingerprint density at radius 3 is 2.50 bits per heavy atom. The summed E-state index contributed by atoms with van der Waals surface area (Å²) in [5.74, 6) is 0.357. The molecule has 3 nitrogen and oxygen atoms in total. The fourth-order valence-corrected chi connectivity index (χ4v) is 2.87. The minimum absolute atomic E-state index is 0.147. The van der Waals surface area contributed by atoms with Gasteiger partial charge in [0.25, 0.3) is 5.91 Å². The van der Waals surface area contributed by atoms with Gasteiger partial charge in [-0.25, -0.2) is 0 Å². The van der Waals surface area contributed by atoms with Gasteiger partial charge in [0.1, 0.15) is 0 Å². The van der Waals surface area contributed by atoms with E-state index < -0.39 is 0 Å². The van der Waals surface area contributed by atoms with Crippen LogP contribution in [0.15, 0.2) is 18.5 Å². The highest BCUT2D eigenvalue weighted by Gasteiger charge is 2.64. The maximum Gasteiger partial charge on any atom is 0.254 e. The Bertz CT molecular complexity index is 468. The molecule has 1 aliphatic carbocycles. The van der Waals surface area contributed by atoms with Crippen molar-refractivity contribution in [2.24, 2.45) is 16.7 Å². The number of halogens is 1. The first-order chi connectivity index (χ1) is 8.28. The Kier molecular flexibility index (Phi) is 3.14. The predicted octanol–water partition coefficient (Wildman–Crippen LogP) is 3.15. The molecule has 0 atom stereocenters. The molecule has 0 spiro atoms. The summed E-state index contributed by atoms with van der Waals surface area (Å²) in [4.78, 5) is 15.9. The van der Waals surface area contributed by atoms with Gasteiger partial charge in [0.15, 0.2) is 0 Å². The number of rotatable bonds is 3. The van der Waals surface area contributed by atoms with Crippen LogP contribution >= 0.6 is 11.6 Å². The van der Waals surface area contributed by atoms with Gasteiger partial charge < -0.3 is 5.32 Å². The molecule has 1 amide bonds. The van der Waals surface area contributed by atoms with E-state index in [1.165, 1.54) is 6.20 Å². The molecule has 98 valence electrons. The van der Waals surface area contributed by atoms with E-state index in [0.717, 1.165) is 0 Å². The monoisotopic (exact) mass is 266 g/mol. The van der Waals surface area contributed by atoms with Gasteiger partial charge in [0, 0.05) is 18.9 Å². The van der Waals surface area contributed by atoms with Gasteiger partial charge >= 0.3 is 0 Å². The van der Waals surface area contributed by atoms with Gasteiger partial charge in [0.05, 0.1) is 10.6 Å². The number of carbonyl (C=O) groups is 1. The molecule has 0 aromatic carbocycles. The van der Waals surface area contributed by atoms with E-state index in [9.17, 15) is 4.79 Å². The van der Waals surface area contributed by atoms with Crippen LogP contribution in [0.5, 0.6) is 0 Å². The molecule has 1 N–H and O–H groups in total. The van der Waals surface area contributed by atoms with E-state index in [0.29, 0.717) is 23.0 Å². The summed E-state index contributed by atoms with van der Waals surface area (Å²) in [5, 5.41) is 3.39. The van der Waals surface area contributed by atoms with Crippen LogP contribution in [0.2, 0.25) is 5.02 Å². The van der Waals surface area contributed by atoms with E-state index in [-0.39, 0.29) is 16.7 Å². The van der Waals surface area contributed by atoms with Gasteiger partial charge in [-0.2, -0.15) is 0 Å². The highest BCUT2D eigenvalue weighted by atomic mass is 35.5. The van der Waals surface area contributed by atoms with Crippen LogP contribution < -0.4 is 5.32 Å². The lowest BCUT2D eigenvalue weighted by molar-refractivity contribution is 0.0949. The maximum atomic E-state index is 12.0. The highest BCUT2D eigenvalue weighted by molar-refractivity contribution is 6.33. The van der Waals surface area contributed by atoms with Crippen LogP contribution in [0.25, 0.3) is 0 Å². The summed E-state index contributed by atoms with van der Waals surface area (Å²) in [7, 11) is 0. The summed E-state index contributed by atoms with van der Waals surface area (Å²) in [6.07, 6.45) is 3.08. The molecule has 1 heterocycles. The second-order valence-corrected chi connectivity index (χ2v) is 6.47. The van der Waals surface area contributed by atoms with Crippen LogP contribution in [0.3, 0.4) is 0 Å². The first kappa shape index (κ1) is 13.3. The van der Waals surface area contributed by atoms with Crippen molar-refractivity contribution in [1.82, 2.24) is 10.3 Å². The number of amides is 1. The number of pyridine rings is 1. The summed E-state index contributed by atoms with van der Waals surface area (Å²) < 4.78 is 0. The second-order valence-electron chi connectivity index (χ2n) is 6.06. The number of nitrogens with one attached hydrogen (secondary N) is 1. The third kappa shape index (κ3) is 2.01. The van der Waals surface area contributed by atoms with Crippen molar-refractivity contribution in [3.63, 3.8) is 0 Å². The van der Waals surface area contributed by atoms with Crippen molar-refractivity contribution in [2.45, 2.75) is 27.7 Å². The van der Waals surface area contributed by atoms with Crippen LogP contribution in [0, 0.1) is 16.7 Å². The predicted molar refractivity (Wildman–Crippen MR) is 72.6 cm³/mol. The molecule has 1 aliphatic rings. The molecule has 1 aromatic rings. The zero-order valence-electron chi connectivity index (χ0n) is 11.2. The fraction of sp³-hybridized carbons (Fsp3) is 0.571. The summed E-state index contributed by atoms with van der Waals surface area (Å²) in [5.41, 5.74) is 0.994. The average molecular weight is 267 g/mol. The Balaban J connectivity index is 1.97. The number of hydrogen-bond donors (Lipinski definition) is 1. The topological polar surface area (TPSA) is 42.0 Å². The number of hydrogen-bond acceptors (Lipinski definition) is 2. The van der Waals surface area contributed by atoms with E-state index in [4.69, 9.17) is 11.6 Å². The Labute approximate surface area is 113 Å². The minimum atomic E-state index is -0.147. The maximum absolute atomic E-state index is 12.0. The van der Waals surface area contributed by atoms with Crippen molar-refractivity contribution in [3.8, 4) is 0 Å². The van der Waals surface area contributed by atoms with Crippen molar-refractivity contribution < 1.29 is 4.79 Å². The van der Waals surface area contributed by atoms with Crippen molar-refractivity contribution >= 4 is 17.5 Å². The second kappa shape index (κ2) is 4.23. The normalized spacial score (nSPS) is 20.5. The van der Waals surface area contributed by atoms with Gasteiger partial charge in [-0.3, -0.25) is 9.78 Å². The lowest BCUT2D eigenvalue weighted by Crippen LogP contribution is -2.27. The molecule has 4 heteroatoms. The third-order valence-corrected chi connectivity index (χ3v) is 5.13. The van der Waals surface area contributed by atoms with Gasteiger partial charge in [-0.15, -0.1) is 0 Å². The van der Waals surface area contributed by atoms with Crippen LogP contribution in [0.4, 0.5) is 0 Å². The third-order valence-electron chi connectivity index (χ3n) is 4.80. The molecule has 2 rings (SSSR count). The minimum Gasteiger partial charge on any atom is -0.352 e. The quantitative estimate of drug-likeness (QED) is 0.913. The van der Waals surface area contributed by atoms with Crippen LogP contribution in [-0.4, -0.2) is 17.4 Å². The van der Waals surface area contributed by atoms with E-state index in [2.05, 4.69) is 38.0 Å². The highest BCUT2D eigenvalue weighted by Crippen LogP contribution is 2.67. The number of carbonyl (C=O) groups excluding carboxylic acids is 1. The molecule has 18 heavy (non-hydrogen) atoms. The molecular weight excluding hydrogens is 248 g/mol. The van der Waals surface area contributed by atoms with Crippen molar-refractivity contribution in [2.75, 3.05) is 6.54 Å². The number of aromatic nitrogens is 1. The molecule has 0 aliphatic heterocycles. The smallest absolute Gasteiger partial charge is 0.254 e. The fourth-order valence-electron chi connectivity index (χ4n) is 2.68. The largest absolute Gasteiger partial charge is 0.352 e. The lowest BCUT2D eigenvalue weighted by atomic mass is 10.0. The first-order valence-electron chi connectivity index (χ1n) is 6.16. The first-order valence-corrected chi connectivity index (χ1v) is 6.54. The summed E-state index contributed by atoms with van der Waals surface area (Å²) in [6, 6.07) is 1.63. The summed E-state index contributed by atoms with van der Waals surface area (Å²) >= 11 is 5.96. The SMILES string of the molecule is CC1(C)C(CNC(=O)c2cnccc2Cl)C1(C)C. The Morgan fingerprint density at radius 2 is 2.00 bits per heavy atom. The molecule has 1 saturated carbocycles.